The molecule has 1 amide bonds. The Morgan fingerprint density at radius 3 is 2.89 bits per heavy atom. The number of nitro benzene ring substituents is 1. The van der Waals surface area contributed by atoms with Crippen LogP contribution in [0.5, 0.6) is 0 Å². The average molecular weight is 372 g/mol. The largest absolute Gasteiger partial charge is 0.449 e. The molecule has 27 heavy (non-hydrogen) atoms. The van der Waals surface area contributed by atoms with Gasteiger partial charge in [-0.3, -0.25) is 14.9 Å². The smallest absolute Gasteiger partial charge is 0.331 e. The number of benzene rings is 1. The molecule has 0 heterocycles. The van der Waals surface area contributed by atoms with Crippen molar-refractivity contribution >= 4 is 23.6 Å². The van der Waals surface area contributed by atoms with Gasteiger partial charge >= 0.3 is 5.97 Å². The first kappa shape index (κ1) is 20.4. The fraction of sp³-hybridized carbons (Fsp3) is 0.400. The molecule has 7 heteroatoms. The molecule has 0 aliphatic heterocycles. The van der Waals surface area contributed by atoms with Crippen LogP contribution in [-0.2, 0) is 14.3 Å². The summed E-state index contributed by atoms with van der Waals surface area (Å²) in [7, 11) is 0. The molecule has 144 valence electrons. The summed E-state index contributed by atoms with van der Waals surface area (Å²) in [4.78, 5) is 34.1. The third-order valence-electron chi connectivity index (χ3n) is 4.29. The standard InChI is InChI=1S/C20H24N2O5/c1-15(20(24)21-13-12-16-6-3-2-4-7-16)27-19(23)11-10-17-8-5-9-18(14-17)22(25)26/h5-6,8-11,14-15H,2-4,7,12-13H2,1H3,(H,21,24)/b11-10+. The highest BCUT2D eigenvalue weighted by Crippen LogP contribution is 2.19. The molecular formula is C20H24N2O5. The molecule has 1 aromatic carbocycles. The lowest BCUT2D eigenvalue weighted by molar-refractivity contribution is -0.384. The maximum atomic E-state index is 12.0. The van der Waals surface area contributed by atoms with Gasteiger partial charge in [-0.2, -0.15) is 0 Å². The van der Waals surface area contributed by atoms with E-state index in [1.807, 2.05) is 0 Å². The van der Waals surface area contributed by atoms with Crippen molar-refractivity contribution in [2.45, 2.75) is 45.1 Å². The molecule has 0 fully saturated rings. The highest BCUT2D eigenvalue weighted by Gasteiger charge is 2.16. The molecule has 1 aliphatic rings. The van der Waals surface area contributed by atoms with E-state index in [2.05, 4.69) is 11.4 Å². The Morgan fingerprint density at radius 2 is 2.19 bits per heavy atom. The molecule has 7 nitrogen and oxygen atoms in total. The second-order valence-corrected chi connectivity index (χ2v) is 6.41. The van der Waals surface area contributed by atoms with Crippen molar-refractivity contribution in [3.8, 4) is 0 Å². The zero-order chi connectivity index (χ0) is 19.6. The van der Waals surface area contributed by atoms with Crippen LogP contribution >= 0.6 is 0 Å². The molecular weight excluding hydrogens is 348 g/mol. The number of hydrogen-bond donors (Lipinski definition) is 1. The van der Waals surface area contributed by atoms with E-state index in [0.29, 0.717) is 12.1 Å². The zero-order valence-electron chi connectivity index (χ0n) is 15.3. The summed E-state index contributed by atoms with van der Waals surface area (Å²) >= 11 is 0. The molecule has 1 N–H and O–H groups in total. The highest BCUT2D eigenvalue weighted by atomic mass is 16.6. The number of hydrogen-bond acceptors (Lipinski definition) is 5. The average Bonchev–Trinajstić information content (AvgIpc) is 2.67. The SMILES string of the molecule is CC(OC(=O)/C=C/c1cccc([N+](=O)[O-])c1)C(=O)NCCC1=CCCCC1. The van der Waals surface area contributed by atoms with E-state index in [9.17, 15) is 19.7 Å². The summed E-state index contributed by atoms with van der Waals surface area (Å²) < 4.78 is 5.07. The lowest BCUT2D eigenvalue weighted by atomic mass is 9.97. The quantitative estimate of drug-likeness (QED) is 0.247. The van der Waals surface area contributed by atoms with Gasteiger partial charge in [0.05, 0.1) is 4.92 Å². The summed E-state index contributed by atoms with van der Waals surface area (Å²) in [5, 5.41) is 13.5. The van der Waals surface area contributed by atoms with Gasteiger partial charge in [-0.15, -0.1) is 0 Å². The van der Waals surface area contributed by atoms with Crippen molar-refractivity contribution in [2.75, 3.05) is 6.54 Å². The number of nitrogens with zero attached hydrogens (tertiary/aromatic N) is 1. The van der Waals surface area contributed by atoms with E-state index >= 15 is 0 Å². The monoisotopic (exact) mass is 372 g/mol. The molecule has 1 atom stereocenters. The van der Waals surface area contributed by atoms with Gasteiger partial charge in [-0.05, 0) is 50.7 Å². The third kappa shape index (κ3) is 7.05. The van der Waals surface area contributed by atoms with E-state index in [0.717, 1.165) is 25.3 Å². The van der Waals surface area contributed by atoms with Gasteiger partial charge in [0, 0.05) is 24.8 Å². The number of ether oxygens (including phenoxy) is 1. The summed E-state index contributed by atoms with van der Waals surface area (Å²) in [5.41, 5.74) is 1.80. The number of allylic oxidation sites excluding steroid dienone is 1. The predicted molar refractivity (Wildman–Crippen MR) is 102 cm³/mol. The summed E-state index contributed by atoms with van der Waals surface area (Å²) in [6, 6.07) is 5.87. The number of nitrogens with one attached hydrogen (secondary N) is 1. The minimum Gasteiger partial charge on any atom is -0.449 e. The van der Waals surface area contributed by atoms with Crippen molar-refractivity contribution in [1.82, 2.24) is 5.32 Å². The minimum atomic E-state index is -0.910. The Kier molecular flexibility index (Phi) is 7.73. The number of carbonyl (C=O) groups is 2. The summed E-state index contributed by atoms with van der Waals surface area (Å²) in [6.45, 7) is 2.03. The van der Waals surface area contributed by atoms with Gasteiger partial charge in [0.15, 0.2) is 6.10 Å². The van der Waals surface area contributed by atoms with Gasteiger partial charge in [0.25, 0.3) is 11.6 Å². The first-order chi connectivity index (χ1) is 13.0. The van der Waals surface area contributed by atoms with Crippen LogP contribution in [0.2, 0.25) is 0 Å². The first-order valence-corrected chi connectivity index (χ1v) is 9.04. The lowest BCUT2D eigenvalue weighted by Gasteiger charge is -2.15. The predicted octanol–water partition coefficient (Wildman–Crippen LogP) is 3.55. The molecule has 0 aromatic heterocycles. The highest BCUT2D eigenvalue weighted by molar-refractivity contribution is 5.90. The third-order valence-corrected chi connectivity index (χ3v) is 4.29. The van der Waals surface area contributed by atoms with Crippen LogP contribution in [0, 0.1) is 10.1 Å². The van der Waals surface area contributed by atoms with E-state index < -0.39 is 17.0 Å². The maximum absolute atomic E-state index is 12.0. The van der Waals surface area contributed by atoms with Crippen LogP contribution in [-0.4, -0.2) is 29.4 Å². The molecule has 0 spiro atoms. The van der Waals surface area contributed by atoms with Crippen molar-refractivity contribution in [2.24, 2.45) is 0 Å². The Hall–Kier alpha value is -2.96. The normalized spacial score (nSPS) is 15.1. The Balaban J connectivity index is 1.76. The summed E-state index contributed by atoms with van der Waals surface area (Å²) in [6.07, 6.45) is 9.32. The number of amides is 1. The van der Waals surface area contributed by atoms with E-state index in [4.69, 9.17) is 4.74 Å². The molecule has 1 unspecified atom stereocenters. The van der Waals surface area contributed by atoms with Crippen LogP contribution in [0.3, 0.4) is 0 Å². The number of rotatable bonds is 8. The second kappa shape index (κ2) is 10.3. The van der Waals surface area contributed by atoms with Crippen molar-refractivity contribution in [3.63, 3.8) is 0 Å². The molecule has 0 radical (unpaired) electrons. The van der Waals surface area contributed by atoms with Gasteiger partial charge in [0.2, 0.25) is 0 Å². The van der Waals surface area contributed by atoms with Gasteiger partial charge in [-0.1, -0.05) is 23.8 Å². The molecule has 0 saturated heterocycles. The fourth-order valence-corrected chi connectivity index (χ4v) is 2.80. The van der Waals surface area contributed by atoms with E-state index in [-0.39, 0.29) is 11.6 Å². The van der Waals surface area contributed by atoms with Gasteiger partial charge in [-0.25, -0.2) is 4.79 Å². The Morgan fingerprint density at radius 1 is 1.37 bits per heavy atom. The van der Waals surface area contributed by atoms with Crippen LogP contribution in [0.4, 0.5) is 5.69 Å². The number of nitro groups is 1. The molecule has 0 saturated carbocycles. The number of esters is 1. The Bertz CT molecular complexity index is 754. The van der Waals surface area contributed by atoms with Crippen LogP contribution in [0.15, 0.2) is 42.0 Å². The number of carbonyl (C=O) groups excluding carboxylic acids is 2. The van der Waals surface area contributed by atoms with Crippen LogP contribution < -0.4 is 5.32 Å². The molecule has 1 aliphatic carbocycles. The fourth-order valence-electron chi connectivity index (χ4n) is 2.80. The van der Waals surface area contributed by atoms with Gasteiger partial charge < -0.3 is 10.1 Å². The minimum absolute atomic E-state index is 0.0636. The van der Waals surface area contributed by atoms with Gasteiger partial charge in [0.1, 0.15) is 0 Å². The van der Waals surface area contributed by atoms with Crippen molar-refractivity contribution in [3.05, 3.63) is 57.7 Å². The topological polar surface area (TPSA) is 98.5 Å². The molecule has 0 bridgehead atoms. The van der Waals surface area contributed by atoms with Crippen molar-refractivity contribution in [1.29, 1.82) is 0 Å². The van der Waals surface area contributed by atoms with E-state index in [1.54, 1.807) is 6.07 Å². The maximum Gasteiger partial charge on any atom is 0.331 e. The number of non-ortho nitro benzene ring substituents is 1. The van der Waals surface area contributed by atoms with E-state index in [1.165, 1.54) is 49.6 Å². The lowest BCUT2D eigenvalue weighted by Crippen LogP contribution is -2.36. The van der Waals surface area contributed by atoms with Crippen LogP contribution in [0.1, 0.15) is 44.6 Å². The molecule has 1 aromatic rings. The van der Waals surface area contributed by atoms with Crippen LogP contribution in [0.25, 0.3) is 6.08 Å². The second-order valence-electron chi connectivity index (χ2n) is 6.41. The first-order valence-electron chi connectivity index (χ1n) is 9.04. The Labute approximate surface area is 158 Å². The van der Waals surface area contributed by atoms with Crippen molar-refractivity contribution < 1.29 is 19.2 Å². The summed E-state index contributed by atoms with van der Waals surface area (Å²) in [5.74, 6) is -1.03. The molecule has 2 rings (SSSR count). The zero-order valence-corrected chi connectivity index (χ0v) is 15.3.